The molecular weight excluding hydrogens is 152 g/mol. The molecule has 54 valence electrons. The molecule has 0 bridgehead atoms. The SMILES string of the molecule is CCSC(=O)C[S+](C)C. The molecule has 0 aromatic rings. The molecule has 0 rings (SSSR count). The number of hydrogen-bond acceptors (Lipinski definition) is 2. The molecule has 0 aromatic carbocycles. The van der Waals surface area contributed by atoms with Crippen molar-refractivity contribution in [1.82, 2.24) is 0 Å². The normalized spacial score (nSPS) is 10.2. The van der Waals surface area contributed by atoms with E-state index in [-0.39, 0.29) is 10.9 Å². The third-order valence-corrected chi connectivity index (χ3v) is 2.49. The predicted molar refractivity (Wildman–Crippen MR) is 47.2 cm³/mol. The van der Waals surface area contributed by atoms with Crippen LogP contribution in [0.15, 0.2) is 0 Å². The van der Waals surface area contributed by atoms with Crippen molar-refractivity contribution >= 4 is 27.8 Å². The van der Waals surface area contributed by atoms with E-state index in [1.807, 2.05) is 6.92 Å². The van der Waals surface area contributed by atoms with Gasteiger partial charge in [-0.25, -0.2) is 0 Å². The van der Waals surface area contributed by atoms with Gasteiger partial charge in [-0.3, -0.25) is 4.79 Å². The van der Waals surface area contributed by atoms with Crippen molar-refractivity contribution in [2.45, 2.75) is 6.92 Å². The molecule has 0 amide bonds. The Morgan fingerprint density at radius 2 is 2.11 bits per heavy atom. The second kappa shape index (κ2) is 5.18. The predicted octanol–water partition coefficient (Wildman–Crippen LogP) is 1.14. The molecule has 0 aromatic heterocycles. The fourth-order valence-electron chi connectivity index (χ4n) is 0.438. The van der Waals surface area contributed by atoms with Crippen molar-refractivity contribution in [1.29, 1.82) is 0 Å². The van der Waals surface area contributed by atoms with Crippen molar-refractivity contribution in [3.8, 4) is 0 Å². The number of thioether (sulfide) groups is 1. The van der Waals surface area contributed by atoms with Gasteiger partial charge < -0.3 is 0 Å². The van der Waals surface area contributed by atoms with Crippen LogP contribution in [0.1, 0.15) is 6.92 Å². The maximum Gasteiger partial charge on any atom is 0.238 e. The molecule has 0 fully saturated rings. The quantitative estimate of drug-likeness (QED) is 0.583. The Kier molecular flexibility index (Phi) is 5.39. The van der Waals surface area contributed by atoms with Crippen molar-refractivity contribution in [2.75, 3.05) is 24.0 Å². The van der Waals surface area contributed by atoms with Gasteiger partial charge in [0.15, 0.2) is 5.75 Å². The topological polar surface area (TPSA) is 17.1 Å². The van der Waals surface area contributed by atoms with E-state index in [2.05, 4.69) is 12.5 Å². The second-order valence-electron chi connectivity index (χ2n) is 1.93. The lowest BCUT2D eigenvalue weighted by Crippen LogP contribution is -2.10. The summed E-state index contributed by atoms with van der Waals surface area (Å²) in [5.74, 6) is 1.66. The molecule has 0 unspecified atom stereocenters. The van der Waals surface area contributed by atoms with E-state index in [9.17, 15) is 4.79 Å². The summed E-state index contributed by atoms with van der Waals surface area (Å²) in [6.45, 7) is 2.01. The fraction of sp³-hybridized carbons (Fsp3) is 0.833. The first-order valence-corrected chi connectivity index (χ1v) is 6.06. The van der Waals surface area contributed by atoms with Gasteiger partial charge in [-0.1, -0.05) is 18.7 Å². The maximum atomic E-state index is 10.8. The van der Waals surface area contributed by atoms with E-state index in [0.717, 1.165) is 11.5 Å². The fourth-order valence-corrected chi connectivity index (χ4v) is 2.27. The molecule has 0 aliphatic heterocycles. The lowest BCUT2D eigenvalue weighted by molar-refractivity contribution is -0.108. The van der Waals surface area contributed by atoms with Crippen molar-refractivity contribution in [3.63, 3.8) is 0 Å². The summed E-state index contributed by atoms with van der Waals surface area (Å²) in [6, 6.07) is 0. The van der Waals surface area contributed by atoms with E-state index in [1.165, 1.54) is 11.8 Å². The number of carbonyl (C=O) groups is 1. The molecule has 1 nitrogen and oxygen atoms in total. The van der Waals surface area contributed by atoms with Crippen LogP contribution >= 0.6 is 11.8 Å². The summed E-state index contributed by atoms with van der Waals surface area (Å²) < 4.78 is 0. The van der Waals surface area contributed by atoms with Gasteiger partial charge in [0.05, 0.1) is 12.5 Å². The van der Waals surface area contributed by atoms with E-state index in [1.54, 1.807) is 0 Å². The summed E-state index contributed by atoms with van der Waals surface area (Å²) in [5, 5.41) is 0.339. The Morgan fingerprint density at radius 1 is 1.56 bits per heavy atom. The van der Waals surface area contributed by atoms with Gasteiger partial charge in [-0.2, -0.15) is 0 Å². The minimum atomic E-state index is 0.282. The van der Waals surface area contributed by atoms with Crippen LogP contribution in [-0.2, 0) is 15.7 Å². The highest BCUT2D eigenvalue weighted by atomic mass is 32.2. The first kappa shape index (κ1) is 9.37. The molecule has 0 aliphatic rings. The molecule has 0 heterocycles. The van der Waals surface area contributed by atoms with Gasteiger partial charge in [0, 0.05) is 0 Å². The lowest BCUT2D eigenvalue weighted by atomic mass is 10.9. The molecular formula is C6H13OS2+. The lowest BCUT2D eigenvalue weighted by Gasteiger charge is -1.93. The summed E-state index contributed by atoms with van der Waals surface area (Å²) in [4.78, 5) is 10.8. The van der Waals surface area contributed by atoms with E-state index >= 15 is 0 Å². The Morgan fingerprint density at radius 3 is 2.44 bits per heavy atom. The summed E-state index contributed by atoms with van der Waals surface area (Å²) in [6.07, 6.45) is 4.18. The zero-order chi connectivity index (χ0) is 7.28. The van der Waals surface area contributed by atoms with Crippen LogP contribution < -0.4 is 0 Å². The Labute approximate surface area is 63.9 Å². The van der Waals surface area contributed by atoms with Crippen LogP contribution in [0.4, 0.5) is 0 Å². The van der Waals surface area contributed by atoms with E-state index < -0.39 is 0 Å². The minimum absolute atomic E-state index is 0.282. The smallest absolute Gasteiger partial charge is 0.238 e. The van der Waals surface area contributed by atoms with Gasteiger partial charge >= 0.3 is 0 Å². The third kappa shape index (κ3) is 6.25. The third-order valence-electron chi connectivity index (χ3n) is 0.712. The van der Waals surface area contributed by atoms with Crippen LogP contribution in [0, 0.1) is 0 Å². The van der Waals surface area contributed by atoms with Gasteiger partial charge in [0.2, 0.25) is 5.12 Å². The second-order valence-corrected chi connectivity index (χ2v) is 5.52. The highest BCUT2D eigenvalue weighted by molar-refractivity contribution is 8.15. The van der Waals surface area contributed by atoms with E-state index in [4.69, 9.17) is 0 Å². The van der Waals surface area contributed by atoms with Crippen molar-refractivity contribution in [2.24, 2.45) is 0 Å². The minimum Gasteiger partial charge on any atom is -0.282 e. The number of hydrogen-bond donors (Lipinski definition) is 0. The zero-order valence-electron chi connectivity index (χ0n) is 6.14. The zero-order valence-corrected chi connectivity index (χ0v) is 7.77. The highest BCUT2D eigenvalue weighted by Gasteiger charge is 2.09. The average molecular weight is 165 g/mol. The van der Waals surface area contributed by atoms with Crippen molar-refractivity contribution in [3.05, 3.63) is 0 Å². The monoisotopic (exact) mass is 165 g/mol. The molecule has 0 spiro atoms. The van der Waals surface area contributed by atoms with Crippen LogP contribution in [0.25, 0.3) is 0 Å². The molecule has 0 saturated heterocycles. The average Bonchev–Trinajstić information content (AvgIpc) is 1.63. The number of rotatable bonds is 3. The van der Waals surface area contributed by atoms with E-state index in [0.29, 0.717) is 5.12 Å². The molecule has 9 heavy (non-hydrogen) atoms. The first-order valence-electron chi connectivity index (χ1n) is 2.86. The van der Waals surface area contributed by atoms with Gasteiger partial charge in [-0.05, 0) is 16.6 Å². The van der Waals surface area contributed by atoms with Crippen LogP contribution in [0.5, 0.6) is 0 Å². The Hall–Kier alpha value is 0.370. The van der Waals surface area contributed by atoms with Crippen molar-refractivity contribution < 1.29 is 4.79 Å². The summed E-state index contributed by atoms with van der Waals surface area (Å²) in [5.41, 5.74) is 0. The van der Waals surface area contributed by atoms with Crippen LogP contribution in [0.3, 0.4) is 0 Å². The van der Waals surface area contributed by atoms with Gasteiger partial charge in [0.1, 0.15) is 0 Å². The Balaban J connectivity index is 3.27. The molecule has 0 aliphatic carbocycles. The first-order chi connectivity index (χ1) is 4.16. The molecule has 0 N–H and O–H groups in total. The highest BCUT2D eigenvalue weighted by Crippen LogP contribution is 2.02. The summed E-state index contributed by atoms with van der Waals surface area (Å²) in [7, 11) is 0.282. The largest absolute Gasteiger partial charge is 0.282 e. The molecule has 3 heteroatoms. The van der Waals surface area contributed by atoms with Crippen LogP contribution in [0.2, 0.25) is 0 Å². The van der Waals surface area contributed by atoms with Gasteiger partial charge in [-0.15, -0.1) is 0 Å². The summed E-state index contributed by atoms with van der Waals surface area (Å²) >= 11 is 1.43. The number of carbonyl (C=O) groups excluding carboxylic acids is 1. The molecule has 0 radical (unpaired) electrons. The molecule has 0 atom stereocenters. The standard InChI is InChI=1S/C6H13OS2/c1-4-8-6(7)5-9(2)3/h4-5H2,1-3H3/q+1. The van der Waals surface area contributed by atoms with Gasteiger partial charge in [0.25, 0.3) is 0 Å². The maximum absolute atomic E-state index is 10.8. The molecule has 0 saturated carbocycles. The Bertz CT molecular complexity index is 91.1. The van der Waals surface area contributed by atoms with Crippen LogP contribution in [-0.4, -0.2) is 29.1 Å².